The minimum atomic E-state index is -1.14. The third kappa shape index (κ3) is 3.69. The van der Waals surface area contributed by atoms with Crippen LogP contribution in [-0.4, -0.2) is 30.5 Å². The number of benzene rings is 1. The highest BCUT2D eigenvalue weighted by Crippen LogP contribution is 2.36. The molecule has 1 amide bonds. The summed E-state index contributed by atoms with van der Waals surface area (Å²) in [5, 5.41) is 8.92. The van der Waals surface area contributed by atoms with Gasteiger partial charge in [0.2, 0.25) is 0 Å². The van der Waals surface area contributed by atoms with Gasteiger partial charge in [-0.1, -0.05) is 12.1 Å². The van der Waals surface area contributed by atoms with Crippen molar-refractivity contribution in [2.75, 3.05) is 0 Å². The molecule has 0 radical (unpaired) electrons. The normalized spacial score (nSPS) is 19.6. The lowest BCUT2D eigenvalue weighted by Gasteiger charge is -2.32. The number of hydrogen-bond acceptors (Lipinski definition) is 5. The summed E-state index contributed by atoms with van der Waals surface area (Å²) in [5.41, 5.74) is 4.62. The fourth-order valence-corrected chi connectivity index (χ4v) is 2.31. The predicted octanol–water partition coefficient (Wildman–Crippen LogP) is 1.65. The van der Waals surface area contributed by atoms with E-state index in [2.05, 4.69) is 4.74 Å². The van der Waals surface area contributed by atoms with Crippen LogP contribution in [0.3, 0.4) is 0 Å². The first-order valence-corrected chi connectivity index (χ1v) is 7.55. The number of hydrogen-bond donors (Lipinski definition) is 1. The zero-order chi connectivity index (χ0) is 18.1. The molecule has 6 nitrogen and oxygen atoms in total. The Labute approximate surface area is 140 Å². The summed E-state index contributed by atoms with van der Waals surface area (Å²) >= 11 is 0. The third-order valence-corrected chi connectivity index (χ3v) is 4.41. The van der Waals surface area contributed by atoms with Crippen molar-refractivity contribution in [2.45, 2.75) is 51.4 Å². The van der Waals surface area contributed by atoms with Crippen LogP contribution in [0.1, 0.15) is 33.3 Å². The second-order valence-corrected chi connectivity index (χ2v) is 6.70. The molecule has 2 rings (SSSR count). The molecule has 1 aliphatic rings. The molecule has 8 heteroatoms. The number of primary amides is 1. The van der Waals surface area contributed by atoms with Gasteiger partial charge in [-0.3, -0.25) is 0 Å². The SMILES string of the molecule is CC1(C)OB(c2ccc(CC(C#N)OC(N)=O)c(F)c2)OC1(C)C. The molecule has 128 valence electrons. The molecule has 1 fully saturated rings. The molecule has 1 atom stereocenters. The van der Waals surface area contributed by atoms with E-state index in [0.29, 0.717) is 5.46 Å². The first kappa shape index (κ1) is 18.2. The molecule has 2 N–H and O–H groups in total. The fourth-order valence-electron chi connectivity index (χ4n) is 2.31. The number of nitrogens with two attached hydrogens (primary N) is 1. The largest absolute Gasteiger partial charge is 0.494 e. The summed E-state index contributed by atoms with van der Waals surface area (Å²) in [5.74, 6) is -0.532. The van der Waals surface area contributed by atoms with Gasteiger partial charge in [-0.05, 0) is 44.8 Å². The van der Waals surface area contributed by atoms with E-state index < -0.39 is 36.3 Å². The van der Waals surface area contributed by atoms with E-state index in [9.17, 15) is 9.18 Å². The van der Waals surface area contributed by atoms with Crippen molar-refractivity contribution in [1.82, 2.24) is 0 Å². The molecular formula is C16H20BFN2O4. The van der Waals surface area contributed by atoms with Crippen molar-refractivity contribution in [3.63, 3.8) is 0 Å². The van der Waals surface area contributed by atoms with Gasteiger partial charge < -0.3 is 19.8 Å². The number of halogens is 1. The smallest absolute Gasteiger partial charge is 0.431 e. The molecule has 0 saturated carbocycles. The van der Waals surface area contributed by atoms with E-state index in [1.807, 2.05) is 27.7 Å². The van der Waals surface area contributed by atoms with E-state index in [0.717, 1.165) is 0 Å². The topological polar surface area (TPSA) is 94.6 Å². The van der Waals surface area contributed by atoms with Crippen molar-refractivity contribution in [1.29, 1.82) is 5.26 Å². The van der Waals surface area contributed by atoms with Gasteiger partial charge in [0.05, 0.1) is 11.2 Å². The van der Waals surface area contributed by atoms with E-state index in [1.165, 1.54) is 12.1 Å². The highest BCUT2D eigenvalue weighted by atomic mass is 19.1. The molecule has 0 bridgehead atoms. The third-order valence-electron chi connectivity index (χ3n) is 4.41. The molecule has 1 aromatic carbocycles. The number of carbonyl (C=O) groups excluding carboxylic acids is 1. The van der Waals surface area contributed by atoms with Gasteiger partial charge in [-0.15, -0.1) is 0 Å². The van der Waals surface area contributed by atoms with Crippen LogP contribution in [0, 0.1) is 17.1 Å². The summed E-state index contributed by atoms with van der Waals surface area (Å²) in [7, 11) is -0.674. The molecule has 0 aromatic heterocycles. The van der Waals surface area contributed by atoms with Gasteiger partial charge in [0, 0.05) is 6.42 Å². The summed E-state index contributed by atoms with van der Waals surface area (Å²) in [4.78, 5) is 10.7. The molecule has 1 aliphatic heterocycles. The Bertz CT molecular complexity index is 671. The number of ether oxygens (including phenoxy) is 1. The quantitative estimate of drug-likeness (QED) is 0.845. The highest BCUT2D eigenvalue weighted by molar-refractivity contribution is 6.62. The maximum atomic E-state index is 14.3. The monoisotopic (exact) mass is 334 g/mol. The first-order chi connectivity index (χ1) is 11.1. The molecule has 24 heavy (non-hydrogen) atoms. The van der Waals surface area contributed by atoms with Crippen LogP contribution in [0.2, 0.25) is 0 Å². The zero-order valence-corrected chi connectivity index (χ0v) is 14.1. The summed E-state index contributed by atoms with van der Waals surface area (Å²) in [6, 6.07) is 6.25. The van der Waals surface area contributed by atoms with Crippen LogP contribution < -0.4 is 11.2 Å². The number of nitriles is 1. The minimum absolute atomic E-state index is 0.0884. The van der Waals surface area contributed by atoms with Crippen LogP contribution in [-0.2, 0) is 20.5 Å². The van der Waals surface area contributed by atoms with E-state index in [1.54, 1.807) is 12.1 Å². The maximum absolute atomic E-state index is 14.3. The van der Waals surface area contributed by atoms with Gasteiger partial charge in [0.1, 0.15) is 11.9 Å². The van der Waals surface area contributed by atoms with Crippen molar-refractivity contribution < 1.29 is 23.2 Å². The first-order valence-electron chi connectivity index (χ1n) is 7.55. The van der Waals surface area contributed by atoms with Gasteiger partial charge in [0.25, 0.3) is 0 Å². The Morgan fingerprint density at radius 3 is 2.42 bits per heavy atom. The van der Waals surface area contributed by atoms with E-state index >= 15 is 0 Å². The number of amides is 1. The Hall–Kier alpha value is -2.11. The number of rotatable bonds is 4. The molecule has 1 aromatic rings. The summed E-state index contributed by atoms with van der Waals surface area (Å²) < 4.78 is 30.7. The second-order valence-electron chi connectivity index (χ2n) is 6.70. The Balaban J connectivity index is 2.16. The lowest BCUT2D eigenvalue weighted by atomic mass is 9.78. The minimum Gasteiger partial charge on any atom is -0.431 e. The molecule has 0 spiro atoms. The van der Waals surface area contributed by atoms with Gasteiger partial charge in [0.15, 0.2) is 6.10 Å². The fraction of sp³-hybridized carbons (Fsp3) is 0.500. The molecule has 0 aliphatic carbocycles. The summed E-state index contributed by atoms with van der Waals surface area (Å²) in [6.07, 6.45) is -2.30. The highest BCUT2D eigenvalue weighted by Gasteiger charge is 2.51. The van der Waals surface area contributed by atoms with Gasteiger partial charge in [-0.25, -0.2) is 9.18 Å². The summed E-state index contributed by atoms with van der Waals surface area (Å²) in [6.45, 7) is 7.65. The van der Waals surface area contributed by atoms with Crippen molar-refractivity contribution in [2.24, 2.45) is 5.73 Å². The van der Waals surface area contributed by atoms with E-state index in [4.69, 9.17) is 20.3 Å². The molecular weight excluding hydrogens is 314 g/mol. The van der Waals surface area contributed by atoms with Crippen LogP contribution in [0.5, 0.6) is 0 Å². The van der Waals surface area contributed by atoms with Gasteiger partial charge in [-0.2, -0.15) is 5.26 Å². The van der Waals surface area contributed by atoms with Crippen LogP contribution in [0.4, 0.5) is 9.18 Å². The zero-order valence-electron chi connectivity index (χ0n) is 14.1. The molecule has 1 unspecified atom stereocenters. The molecule has 1 saturated heterocycles. The van der Waals surface area contributed by atoms with E-state index in [-0.39, 0.29) is 12.0 Å². The average Bonchev–Trinajstić information content (AvgIpc) is 2.68. The second kappa shape index (κ2) is 6.42. The van der Waals surface area contributed by atoms with Crippen molar-refractivity contribution in [3.05, 3.63) is 29.6 Å². The molecule has 1 heterocycles. The standard InChI is InChI=1S/C16H20BFN2O4/c1-15(2)16(3,4)24-17(23-15)11-6-5-10(13(18)8-11)7-12(9-19)22-14(20)21/h5-6,8,12H,7H2,1-4H3,(H2,20,21). The Kier molecular flexibility index (Phi) is 4.88. The lowest BCUT2D eigenvalue weighted by Crippen LogP contribution is -2.41. The lowest BCUT2D eigenvalue weighted by molar-refractivity contribution is 0.00578. The number of carbonyl (C=O) groups is 1. The van der Waals surface area contributed by atoms with Crippen LogP contribution in [0.25, 0.3) is 0 Å². The Morgan fingerprint density at radius 2 is 1.96 bits per heavy atom. The van der Waals surface area contributed by atoms with Crippen LogP contribution >= 0.6 is 0 Å². The van der Waals surface area contributed by atoms with Crippen LogP contribution in [0.15, 0.2) is 18.2 Å². The number of nitrogens with zero attached hydrogens (tertiary/aromatic N) is 1. The Morgan fingerprint density at radius 1 is 1.38 bits per heavy atom. The van der Waals surface area contributed by atoms with Crippen molar-refractivity contribution in [3.8, 4) is 6.07 Å². The van der Waals surface area contributed by atoms with Crippen molar-refractivity contribution >= 4 is 18.7 Å². The maximum Gasteiger partial charge on any atom is 0.494 e. The predicted molar refractivity (Wildman–Crippen MR) is 85.9 cm³/mol. The van der Waals surface area contributed by atoms with Gasteiger partial charge >= 0.3 is 13.2 Å². The average molecular weight is 334 g/mol.